The Morgan fingerprint density at radius 3 is 2.55 bits per heavy atom. The molecule has 3 rings (SSSR count). The van der Waals surface area contributed by atoms with Crippen molar-refractivity contribution in [3.05, 3.63) is 54.4 Å². The molecule has 22 heavy (non-hydrogen) atoms. The van der Waals surface area contributed by atoms with Gasteiger partial charge in [0.25, 0.3) is 9.05 Å². The summed E-state index contributed by atoms with van der Waals surface area (Å²) >= 11 is 0. The highest BCUT2D eigenvalue weighted by Gasteiger charge is 2.16. The van der Waals surface area contributed by atoms with Crippen molar-refractivity contribution in [3.8, 4) is 5.75 Å². The third-order valence-corrected chi connectivity index (χ3v) is 4.78. The standard InChI is InChI=1S/C15H13ClN2O3S/c1-21-12-4-2-11(3-5-12)10-18-9-7-13-14(22(16,19)20)6-8-17-15(13)18/h2-9H,10H2,1H3. The molecule has 0 aliphatic rings. The fourth-order valence-electron chi connectivity index (χ4n) is 2.33. The van der Waals surface area contributed by atoms with E-state index in [1.165, 1.54) is 12.3 Å². The van der Waals surface area contributed by atoms with E-state index in [0.717, 1.165) is 11.3 Å². The molecule has 1 aromatic carbocycles. The molecular weight excluding hydrogens is 324 g/mol. The van der Waals surface area contributed by atoms with Crippen LogP contribution in [0.3, 0.4) is 0 Å². The van der Waals surface area contributed by atoms with Crippen molar-refractivity contribution < 1.29 is 13.2 Å². The van der Waals surface area contributed by atoms with E-state index < -0.39 is 9.05 Å². The topological polar surface area (TPSA) is 61.2 Å². The molecule has 0 atom stereocenters. The summed E-state index contributed by atoms with van der Waals surface area (Å²) in [5.41, 5.74) is 1.64. The van der Waals surface area contributed by atoms with Crippen LogP contribution >= 0.6 is 10.7 Å². The first-order valence-electron chi connectivity index (χ1n) is 6.50. The fraction of sp³-hybridized carbons (Fsp3) is 0.133. The number of hydrogen-bond acceptors (Lipinski definition) is 4. The van der Waals surface area contributed by atoms with Gasteiger partial charge in [-0.1, -0.05) is 12.1 Å². The summed E-state index contributed by atoms with van der Waals surface area (Å²) in [6, 6.07) is 10.8. The normalized spacial score (nSPS) is 11.7. The van der Waals surface area contributed by atoms with Crippen molar-refractivity contribution in [2.45, 2.75) is 11.4 Å². The minimum Gasteiger partial charge on any atom is -0.497 e. The zero-order chi connectivity index (χ0) is 15.7. The Morgan fingerprint density at radius 1 is 1.18 bits per heavy atom. The Morgan fingerprint density at radius 2 is 1.91 bits per heavy atom. The van der Waals surface area contributed by atoms with Crippen LogP contribution in [-0.4, -0.2) is 25.1 Å². The minimum atomic E-state index is -3.80. The summed E-state index contributed by atoms with van der Waals surface area (Å²) in [7, 11) is 3.28. The van der Waals surface area contributed by atoms with Crippen molar-refractivity contribution in [1.29, 1.82) is 0 Å². The number of halogens is 1. The lowest BCUT2D eigenvalue weighted by Gasteiger charge is -2.07. The highest BCUT2D eigenvalue weighted by molar-refractivity contribution is 8.14. The quantitative estimate of drug-likeness (QED) is 0.687. The van der Waals surface area contributed by atoms with Crippen LogP contribution in [0.1, 0.15) is 5.56 Å². The highest BCUT2D eigenvalue weighted by atomic mass is 35.7. The lowest BCUT2D eigenvalue weighted by Crippen LogP contribution is -2.00. The maximum atomic E-state index is 11.6. The molecule has 0 fully saturated rings. The Balaban J connectivity index is 2.01. The number of fused-ring (bicyclic) bond motifs is 1. The van der Waals surface area contributed by atoms with Gasteiger partial charge in [-0.25, -0.2) is 13.4 Å². The van der Waals surface area contributed by atoms with Crippen LogP contribution in [-0.2, 0) is 15.6 Å². The van der Waals surface area contributed by atoms with Crippen molar-refractivity contribution >= 4 is 30.8 Å². The Labute approximate surface area is 132 Å². The molecule has 0 amide bonds. The van der Waals surface area contributed by atoms with Crippen LogP contribution in [0.5, 0.6) is 5.75 Å². The maximum absolute atomic E-state index is 11.6. The second kappa shape index (κ2) is 5.62. The molecule has 0 saturated heterocycles. The van der Waals surface area contributed by atoms with Crippen LogP contribution < -0.4 is 4.74 Å². The van der Waals surface area contributed by atoms with Gasteiger partial charge in [0.2, 0.25) is 0 Å². The van der Waals surface area contributed by atoms with Gasteiger partial charge in [0.15, 0.2) is 0 Å². The second-order valence-corrected chi connectivity index (χ2v) is 7.31. The van der Waals surface area contributed by atoms with Gasteiger partial charge in [-0.2, -0.15) is 0 Å². The van der Waals surface area contributed by atoms with E-state index in [4.69, 9.17) is 15.4 Å². The summed E-state index contributed by atoms with van der Waals surface area (Å²) in [5.74, 6) is 0.787. The zero-order valence-electron chi connectivity index (χ0n) is 11.7. The van der Waals surface area contributed by atoms with E-state index in [1.807, 2.05) is 28.8 Å². The summed E-state index contributed by atoms with van der Waals surface area (Å²) in [4.78, 5) is 4.34. The number of benzene rings is 1. The van der Waals surface area contributed by atoms with E-state index in [1.54, 1.807) is 19.4 Å². The molecule has 0 unspecified atom stereocenters. The second-order valence-electron chi connectivity index (χ2n) is 4.78. The van der Waals surface area contributed by atoms with Gasteiger partial charge in [-0.15, -0.1) is 0 Å². The maximum Gasteiger partial charge on any atom is 0.262 e. The van der Waals surface area contributed by atoms with E-state index >= 15 is 0 Å². The molecule has 2 heterocycles. The molecule has 5 nitrogen and oxygen atoms in total. The molecule has 3 aromatic rings. The van der Waals surface area contributed by atoms with Crippen LogP contribution in [0.4, 0.5) is 0 Å². The van der Waals surface area contributed by atoms with Gasteiger partial charge in [0, 0.05) is 35.0 Å². The summed E-state index contributed by atoms with van der Waals surface area (Å²) < 4.78 is 30.2. The van der Waals surface area contributed by atoms with E-state index in [9.17, 15) is 8.42 Å². The number of aromatic nitrogens is 2. The Hall–Kier alpha value is -2.05. The summed E-state index contributed by atoms with van der Waals surface area (Å²) in [6.45, 7) is 0.576. The van der Waals surface area contributed by atoms with E-state index in [0.29, 0.717) is 17.6 Å². The van der Waals surface area contributed by atoms with Gasteiger partial charge >= 0.3 is 0 Å². The van der Waals surface area contributed by atoms with Gasteiger partial charge in [0.1, 0.15) is 11.4 Å². The molecule has 0 aliphatic heterocycles. The van der Waals surface area contributed by atoms with Crippen molar-refractivity contribution in [3.63, 3.8) is 0 Å². The van der Waals surface area contributed by atoms with Crippen LogP contribution in [0.25, 0.3) is 11.0 Å². The average molecular weight is 337 g/mol. The number of methoxy groups -OCH3 is 1. The lowest BCUT2D eigenvalue weighted by atomic mass is 10.2. The lowest BCUT2D eigenvalue weighted by molar-refractivity contribution is 0.414. The Bertz CT molecular complexity index is 918. The first-order chi connectivity index (χ1) is 10.5. The van der Waals surface area contributed by atoms with E-state index in [-0.39, 0.29) is 4.90 Å². The van der Waals surface area contributed by atoms with Crippen LogP contribution in [0, 0.1) is 0 Å². The fourth-order valence-corrected chi connectivity index (χ4v) is 3.38. The smallest absolute Gasteiger partial charge is 0.262 e. The molecule has 0 N–H and O–H groups in total. The monoisotopic (exact) mass is 336 g/mol. The predicted octanol–water partition coefficient (Wildman–Crippen LogP) is 3.02. The van der Waals surface area contributed by atoms with Crippen molar-refractivity contribution in [2.75, 3.05) is 7.11 Å². The number of nitrogens with zero attached hydrogens (tertiary/aromatic N) is 2. The van der Waals surface area contributed by atoms with Crippen molar-refractivity contribution in [2.24, 2.45) is 0 Å². The first-order valence-corrected chi connectivity index (χ1v) is 8.81. The molecule has 2 aromatic heterocycles. The molecule has 0 bridgehead atoms. The molecule has 0 aliphatic carbocycles. The third kappa shape index (κ3) is 2.80. The summed E-state index contributed by atoms with van der Waals surface area (Å²) in [5, 5.41) is 0.519. The number of pyridine rings is 1. The number of ether oxygens (including phenoxy) is 1. The average Bonchev–Trinajstić information content (AvgIpc) is 2.90. The van der Waals surface area contributed by atoms with Gasteiger partial charge in [-0.3, -0.25) is 0 Å². The molecule has 0 spiro atoms. The largest absolute Gasteiger partial charge is 0.497 e. The molecule has 7 heteroatoms. The SMILES string of the molecule is COc1ccc(Cn2ccc3c(S(=O)(=O)Cl)ccnc32)cc1. The van der Waals surface area contributed by atoms with Crippen LogP contribution in [0.15, 0.2) is 53.7 Å². The molecule has 0 radical (unpaired) electrons. The molecule has 0 saturated carbocycles. The predicted molar refractivity (Wildman–Crippen MR) is 84.9 cm³/mol. The minimum absolute atomic E-state index is 0.0765. The van der Waals surface area contributed by atoms with Gasteiger partial charge < -0.3 is 9.30 Å². The zero-order valence-corrected chi connectivity index (χ0v) is 13.3. The Kier molecular flexibility index (Phi) is 3.80. The van der Waals surface area contributed by atoms with Crippen molar-refractivity contribution in [1.82, 2.24) is 9.55 Å². The van der Waals surface area contributed by atoms with Gasteiger partial charge in [0.05, 0.1) is 12.0 Å². The van der Waals surface area contributed by atoms with E-state index in [2.05, 4.69) is 4.98 Å². The highest BCUT2D eigenvalue weighted by Crippen LogP contribution is 2.25. The molecule has 114 valence electrons. The molecular formula is C15H13ClN2O3S. The third-order valence-electron chi connectivity index (χ3n) is 3.40. The van der Waals surface area contributed by atoms with Gasteiger partial charge in [-0.05, 0) is 29.8 Å². The number of hydrogen-bond donors (Lipinski definition) is 0. The number of rotatable bonds is 4. The van der Waals surface area contributed by atoms with Crippen LogP contribution in [0.2, 0.25) is 0 Å². The first kappa shape index (κ1) is 14.9. The summed E-state index contributed by atoms with van der Waals surface area (Å²) in [6.07, 6.45) is 3.25.